The number of piperidine rings is 1. The third kappa shape index (κ3) is 3.14. The zero-order chi connectivity index (χ0) is 12.3. The van der Waals surface area contributed by atoms with Crippen LogP contribution in [0.4, 0.5) is 5.69 Å². The van der Waals surface area contributed by atoms with Crippen molar-refractivity contribution in [3.63, 3.8) is 0 Å². The number of halogens is 1. The summed E-state index contributed by atoms with van der Waals surface area (Å²) in [5.74, 6) is 0. The SMILES string of the molecule is CCC1CCCCN1Cc1ccc(N)c(Cl)c1. The zero-order valence-electron chi connectivity index (χ0n) is 10.5. The van der Waals surface area contributed by atoms with Crippen LogP contribution in [0.5, 0.6) is 0 Å². The lowest BCUT2D eigenvalue weighted by molar-refractivity contribution is 0.136. The molecule has 1 aliphatic rings. The summed E-state index contributed by atoms with van der Waals surface area (Å²) in [6, 6.07) is 6.73. The second-order valence-electron chi connectivity index (χ2n) is 4.88. The predicted molar refractivity (Wildman–Crippen MR) is 74.2 cm³/mol. The number of rotatable bonds is 3. The summed E-state index contributed by atoms with van der Waals surface area (Å²) in [7, 11) is 0. The van der Waals surface area contributed by atoms with Crippen LogP contribution in [0.2, 0.25) is 5.02 Å². The van der Waals surface area contributed by atoms with Crippen molar-refractivity contribution in [2.75, 3.05) is 12.3 Å². The van der Waals surface area contributed by atoms with E-state index in [0.717, 1.165) is 12.6 Å². The van der Waals surface area contributed by atoms with Gasteiger partial charge in [0, 0.05) is 12.6 Å². The van der Waals surface area contributed by atoms with Crippen LogP contribution < -0.4 is 5.73 Å². The maximum Gasteiger partial charge on any atom is 0.0638 e. The molecule has 2 rings (SSSR count). The first-order chi connectivity index (χ1) is 8.20. The van der Waals surface area contributed by atoms with Crippen LogP contribution >= 0.6 is 11.6 Å². The van der Waals surface area contributed by atoms with Crippen molar-refractivity contribution in [1.82, 2.24) is 4.90 Å². The van der Waals surface area contributed by atoms with Crippen LogP contribution in [0.15, 0.2) is 18.2 Å². The average molecular weight is 253 g/mol. The number of nitrogens with two attached hydrogens (primary N) is 1. The van der Waals surface area contributed by atoms with Crippen molar-refractivity contribution in [2.24, 2.45) is 0 Å². The molecule has 1 fully saturated rings. The van der Waals surface area contributed by atoms with E-state index < -0.39 is 0 Å². The van der Waals surface area contributed by atoms with Crippen molar-refractivity contribution < 1.29 is 0 Å². The van der Waals surface area contributed by atoms with E-state index in [1.807, 2.05) is 12.1 Å². The molecule has 0 spiro atoms. The number of likely N-dealkylation sites (tertiary alicyclic amines) is 1. The Bertz CT molecular complexity index is 378. The summed E-state index contributed by atoms with van der Waals surface area (Å²) in [4.78, 5) is 2.57. The molecule has 1 aromatic rings. The van der Waals surface area contributed by atoms with E-state index in [-0.39, 0.29) is 0 Å². The highest BCUT2D eigenvalue weighted by molar-refractivity contribution is 6.33. The van der Waals surface area contributed by atoms with E-state index in [9.17, 15) is 0 Å². The standard InChI is InChI=1S/C14H21ClN2/c1-2-12-5-3-4-8-17(12)10-11-6-7-14(16)13(15)9-11/h6-7,9,12H,2-5,8,10,16H2,1H3. The van der Waals surface area contributed by atoms with Crippen LogP contribution in [-0.4, -0.2) is 17.5 Å². The molecule has 1 heterocycles. The van der Waals surface area contributed by atoms with Gasteiger partial charge in [0.1, 0.15) is 0 Å². The summed E-state index contributed by atoms with van der Waals surface area (Å²) in [5.41, 5.74) is 7.67. The molecule has 0 amide bonds. The molecule has 17 heavy (non-hydrogen) atoms. The Morgan fingerprint density at radius 1 is 1.41 bits per heavy atom. The molecule has 0 radical (unpaired) electrons. The fourth-order valence-electron chi connectivity index (χ4n) is 2.63. The summed E-state index contributed by atoms with van der Waals surface area (Å²) >= 11 is 6.06. The Kier molecular flexibility index (Phi) is 4.30. The van der Waals surface area contributed by atoms with Gasteiger partial charge >= 0.3 is 0 Å². The van der Waals surface area contributed by atoms with Gasteiger partial charge in [-0.2, -0.15) is 0 Å². The first-order valence-corrected chi connectivity index (χ1v) is 6.86. The monoisotopic (exact) mass is 252 g/mol. The minimum Gasteiger partial charge on any atom is -0.398 e. The molecule has 2 nitrogen and oxygen atoms in total. The molecule has 0 aliphatic carbocycles. The molecule has 0 aromatic heterocycles. The molecule has 1 aromatic carbocycles. The van der Waals surface area contributed by atoms with E-state index in [1.165, 1.54) is 37.8 Å². The van der Waals surface area contributed by atoms with Crippen LogP contribution in [0.1, 0.15) is 38.2 Å². The predicted octanol–water partition coefficient (Wildman–Crippen LogP) is 3.69. The van der Waals surface area contributed by atoms with Gasteiger partial charge in [-0.25, -0.2) is 0 Å². The minimum atomic E-state index is 0.668. The van der Waals surface area contributed by atoms with Gasteiger partial charge in [-0.1, -0.05) is 31.0 Å². The highest BCUT2D eigenvalue weighted by Gasteiger charge is 2.20. The zero-order valence-corrected chi connectivity index (χ0v) is 11.2. The van der Waals surface area contributed by atoms with Gasteiger partial charge in [-0.05, 0) is 43.5 Å². The molecule has 1 atom stereocenters. The summed E-state index contributed by atoms with van der Waals surface area (Å²) in [6.45, 7) is 4.48. The molecule has 2 N–H and O–H groups in total. The van der Waals surface area contributed by atoms with E-state index in [2.05, 4.69) is 17.9 Å². The van der Waals surface area contributed by atoms with Crippen LogP contribution in [0.25, 0.3) is 0 Å². The lowest BCUT2D eigenvalue weighted by Gasteiger charge is -2.35. The molecule has 3 heteroatoms. The maximum absolute atomic E-state index is 6.06. The smallest absolute Gasteiger partial charge is 0.0638 e. The fraction of sp³-hybridized carbons (Fsp3) is 0.571. The number of hydrogen-bond donors (Lipinski definition) is 1. The Morgan fingerprint density at radius 3 is 2.94 bits per heavy atom. The number of benzene rings is 1. The first-order valence-electron chi connectivity index (χ1n) is 6.48. The number of hydrogen-bond acceptors (Lipinski definition) is 2. The molecule has 94 valence electrons. The van der Waals surface area contributed by atoms with Gasteiger partial charge in [-0.15, -0.1) is 0 Å². The molecular weight excluding hydrogens is 232 g/mol. The summed E-state index contributed by atoms with van der Waals surface area (Å²) in [5, 5.41) is 0.674. The van der Waals surface area contributed by atoms with E-state index in [4.69, 9.17) is 17.3 Å². The molecule has 1 saturated heterocycles. The first kappa shape index (κ1) is 12.7. The van der Waals surface area contributed by atoms with E-state index in [0.29, 0.717) is 10.7 Å². The highest BCUT2D eigenvalue weighted by Crippen LogP contribution is 2.24. The van der Waals surface area contributed by atoms with E-state index in [1.54, 1.807) is 0 Å². The van der Waals surface area contributed by atoms with Gasteiger partial charge in [0.15, 0.2) is 0 Å². The topological polar surface area (TPSA) is 29.3 Å². The Morgan fingerprint density at radius 2 is 2.24 bits per heavy atom. The van der Waals surface area contributed by atoms with Crippen LogP contribution in [-0.2, 0) is 6.54 Å². The number of anilines is 1. The Hall–Kier alpha value is -0.730. The lowest BCUT2D eigenvalue weighted by Crippen LogP contribution is -2.38. The van der Waals surface area contributed by atoms with Gasteiger partial charge in [-0.3, -0.25) is 4.90 Å². The third-order valence-corrected chi connectivity index (χ3v) is 4.00. The Labute approximate surface area is 109 Å². The summed E-state index contributed by atoms with van der Waals surface area (Å²) in [6.07, 6.45) is 5.26. The van der Waals surface area contributed by atoms with Crippen molar-refractivity contribution >= 4 is 17.3 Å². The number of nitrogen functional groups attached to an aromatic ring is 1. The second kappa shape index (κ2) is 5.74. The van der Waals surface area contributed by atoms with Crippen LogP contribution in [0.3, 0.4) is 0 Å². The maximum atomic E-state index is 6.06. The van der Waals surface area contributed by atoms with Crippen molar-refractivity contribution in [2.45, 2.75) is 45.2 Å². The van der Waals surface area contributed by atoms with Crippen molar-refractivity contribution in [1.29, 1.82) is 0 Å². The largest absolute Gasteiger partial charge is 0.398 e. The quantitative estimate of drug-likeness (QED) is 0.832. The molecule has 0 bridgehead atoms. The van der Waals surface area contributed by atoms with Gasteiger partial charge in [0.05, 0.1) is 10.7 Å². The van der Waals surface area contributed by atoms with Gasteiger partial charge < -0.3 is 5.73 Å². The third-order valence-electron chi connectivity index (χ3n) is 3.67. The van der Waals surface area contributed by atoms with Crippen molar-refractivity contribution in [3.8, 4) is 0 Å². The number of nitrogens with zero attached hydrogens (tertiary/aromatic N) is 1. The highest BCUT2D eigenvalue weighted by atomic mass is 35.5. The lowest BCUT2D eigenvalue weighted by atomic mass is 9.99. The molecular formula is C14H21ClN2. The summed E-state index contributed by atoms with van der Waals surface area (Å²) < 4.78 is 0. The average Bonchev–Trinajstić information content (AvgIpc) is 2.34. The van der Waals surface area contributed by atoms with Crippen molar-refractivity contribution in [3.05, 3.63) is 28.8 Å². The normalized spacial score (nSPS) is 21.6. The van der Waals surface area contributed by atoms with Gasteiger partial charge in [0.25, 0.3) is 0 Å². The fourth-order valence-corrected chi connectivity index (χ4v) is 2.84. The van der Waals surface area contributed by atoms with Crippen LogP contribution in [0, 0.1) is 0 Å². The van der Waals surface area contributed by atoms with E-state index >= 15 is 0 Å². The van der Waals surface area contributed by atoms with Gasteiger partial charge in [0.2, 0.25) is 0 Å². The minimum absolute atomic E-state index is 0.668. The Balaban J connectivity index is 2.05. The molecule has 1 aliphatic heterocycles. The molecule has 0 saturated carbocycles. The second-order valence-corrected chi connectivity index (χ2v) is 5.29. The molecule has 1 unspecified atom stereocenters.